The zero-order valence-electron chi connectivity index (χ0n) is 7.24. The highest BCUT2D eigenvalue weighted by Crippen LogP contribution is 2.34. The Balaban J connectivity index is 2.23. The van der Waals surface area contributed by atoms with E-state index in [-0.39, 0.29) is 5.41 Å². The molecule has 0 aliphatic heterocycles. The lowest BCUT2D eigenvalue weighted by Crippen LogP contribution is -2.09. The van der Waals surface area contributed by atoms with Crippen LogP contribution in [0.3, 0.4) is 0 Å². The molecule has 0 saturated heterocycles. The molecule has 62 valence electrons. The highest BCUT2D eigenvalue weighted by Gasteiger charge is 2.21. The van der Waals surface area contributed by atoms with Gasteiger partial charge in [0.15, 0.2) is 0 Å². The minimum absolute atomic E-state index is 0.255. The average molecular weight is 158 g/mol. The Morgan fingerprint density at radius 3 is 2.25 bits per heavy atom. The molecule has 2 aliphatic carbocycles. The molecule has 0 bridgehead atoms. The van der Waals surface area contributed by atoms with E-state index in [1.807, 2.05) is 0 Å². The molecule has 2 aliphatic rings. The zero-order chi connectivity index (χ0) is 8.28. The third-order valence-electron chi connectivity index (χ3n) is 2.56. The first-order valence-corrected chi connectivity index (χ1v) is 4.63. The normalized spacial score (nSPS) is 30.0. The summed E-state index contributed by atoms with van der Waals surface area (Å²) in [7, 11) is 0. The number of allylic oxidation sites excluding steroid dienone is 8. The topological polar surface area (TPSA) is 0 Å². The van der Waals surface area contributed by atoms with Gasteiger partial charge in [-0.2, -0.15) is 0 Å². The van der Waals surface area contributed by atoms with Gasteiger partial charge in [-0.15, -0.1) is 0 Å². The van der Waals surface area contributed by atoms with Crippen molar-refractivity contribution in [2.24, 2.45) is 5.41 Å². The van der Waals surface area contributed by atoms with E-state index in [2.05, 4.69) is 48.6 Å². The van der Waals surface area contributed by atoms with Gasteiger partial charge in [0, 0.05) is 5.41 Å². The molecule has 0 amide bonds. The lowest BCUT2D eigenvalue weighted by atomic mass is 9.83. The Hall–Kier alpha value is -1.04. The first-order valence-electron chi connectivity index (χ1n) is 4.63. The second-order valence-corrected chi connectivity index (χ2v) is 3.51. The maximum atomic E-state index is 2.29. The lowest BCUT2D eigenvalue weighted by Gasteiger charge is -2.21. The average Bonchev–Trinajstić information content (AvgIpc) is 2.47. The molecule has 0 heterocycles. The van der Waals surface area contributed by atoms with Gasteiger partial charge in [0.2, 0.25) is 0 Å². The van der Waals surface area contributed by atoms with Crippen LogP contribution in [-0.2, 0) is 0 Å². The maximum Gasteiger partial charge on any atom is 0.0251 e. The van der Waals surface area contributed by atoms with E-state index >= 15 is 0 Å². The van der Waals surface area contributed by atoms with Crippen LogP contribution in [0.5, 0.6) is 0 Å². The van der Waals surface area contributed by atoms with Gasteiger partial charge in [-0.1, -0.05) is 48.6 Å². The highest BCUT2D eigenvalue weighted by atomic mass is 14.3. The molecule has 0 fully saturated rings. The Bertz CT molecular complexity index is 252. The van der Waals surface area contributed by atoms with Gasteiger partial charge in [0.05, 0.1) is 0 Å². The van der Waals surface area contributed by atoms with E-state index in [1.165, 1.54) is 19.3 Å². The summed E-state index contributed by atoms with van der Waals surface area (Å²) in [4.78, 5) is 0. The molecule has 2 rings (SSSR count). The molecule has 0 N–H and O–H groups in total. The Labute approximate surface area is 74.0 Å². The second kappa shape index (κ2) is 3.14. The van der Waals surface area contributed by atoms with Crippen molar-refractivity contribution in [3.8, 4) is 0 Å². The van der Waals surface area contributed by atoms with Gasteiger partial charge < -0.3 is 0 Å². The van der Waals surface area contributed by atoms with Crippen LogP contribution < -0.4 is 0 Å². The van der Waals surface area contributed by atoms with Crippen LogP contribution in [0, 0.1) is 5.41 Å². The largest absolute Gasteiger partial charge is 0.0845 e. The second-order valence-electron chi connectivity index (χ2n) is 3.51. The lowest BCUT2D eigenvalue weighted by molar-refractivity contribution is 0.542. The molecule has 0 aromatic carbocycles. The van der Waals surface area contributed by atoms with Gasteiger partial charge in [-0.3, -0.25) is 0 Å². The molecule has 0 heteroatoms. The summed E-state index contributed by atoms with van der Waals surface area (Å²) in [6.45, 7) is 0. The third-order valence-corrected chi connectivity index (χ3v) is 2.56. The number of hydrogen-bond acceptors (Lipinski definition) is 0. The van der Waals surface area contributed by atoms with Crippen molar-refractivity contribution < 1.29 is 0 Å². The molecular weight excluding hydrogens is 144 g/mol. The first-order chi connectivity index (χ1) is 5.91. The molecule has 1 spiro atoms. The molecule has 0 atom stereocenters. The smallest absolute Gasteiger partial charge is 0.0251 e. The monoisotopic (exact) mass is 158 g/mol. The van der Waals surface area contributed by atoms with Crippen LogP contribution in [0.25, 0.3) is 0 Å². The van der Waals surface area contributed by atoms with E-state index in [1.54, 1.807) is 0 Å². The first kappa shape index (κ1) is 7.60. The molecular formula is C12H14. The van der Waals surface area contributed by atoms with Crippen LogP contribution in [0.1, 0.15) is 19.3 Å². The molecule has 12 heavy (non-hydrogen) atoms. The van der Waals surface area contributed by atoms with Crippen molar-refractivity contribution in [2.75, 3.05) is 0 Å². The summed E-state index contributed by atoms with van der Waals surface area (Å²) in [5.74, 6) is 0. The maximum absolute atomic E-state index is 2.29. The van der Waals surface area contributed by atoms with Crippen molar-refractivity contribution >= 4 is 0 Å². The van der Waals surface area contributed by atoms with Crippen LogP contribution in [-0.4, -0.2) is 0 Å². The molecule has 0 saturated carbocycles. The quantitative estimate of drug-likeness (QED) is 0.507. The van der Waals surface area contributed by atoms with Gasteiger partial charge in [0.1, 0.15) is 0 Å². The molecule has 0 nitrogen and oxygen atoms in total. The molecule has 0 radical (unpaired) electrons. The molecule has 0 aromatic heterocycles. The predicted molar refractivity (Wildman–Crippen MR) is 52.8 cm³/mol. The van der Waals surface area contributed by atoms with Crippen LogP contribution in [0.15, 0.2) is 48.6 Å². The Morgan fingerprint density at radius 1 is 0.833 bits per heavy atom. The van der Waals surface area contributed by atoms with E-state index < -0.39 is 0 Å². The standard InChI is InChI=1S/C12H14/c1-2-4-8-12(9-5-3-1)10-6-7-11-12/h1-2,4,6-8,10-11H,3,5,9H2/b2-1-,8-4-. The SMILES string of the molecule is C1=CC2(C=C1)/C=C\C=C/CCC2. The molecule has 0 aromatic rings. The summed E-state index contributed by atoms with van der Waals surface area (Å²) in [6.07, 6.45) is 21.5. The van der Waals surface area contributed by atoms with Gasteiger partial charge in [-0.05, 0) is 19.3 Å². The fourth-order valence-electron chi connectivity index (χ4n) is 1.82. The van der Waals surface area contributed by atoms with E-state index in [0.29, 0.717) is 0 Å². The van der Waals surface area contributed by atoms with Crippen molar-refractivity contribution in [1.29, 1.82) is 0 Å². The summed E-state index contributed by atoms with van der Waals surface area (Å²) >= 11 is 0. The summed E-state index contributed by atoms with van der Waals surface area (Å²) in [5.41, 5.74) is 0.255. The van der Waals surface area contributed by atoms with E-state index in [4.69, 9.17) is 0 Å². The van der Waals surface area contributed by atoms with Crippen molar-refractivity contribution in [2.45, 2.75) is 19.3 Å². The van der Waals surface area contributed by atoms with Gasteiger partial charge in [-0.25, -0.2) is 0 Å². The third kappa shape index (κ3) is 1.42. The zero-order valence-corrected chi connectivity index (χ0v) is 7.24. The van der Waals surface area contributed by atoms with E-state index in [0.717, 1.165) is 0 Å². The van der Waals surface area contributed by atoms with Crippen LogP contribution >= 0.6 is 0 Å². The highest BCUT2D eigenvalue weighted by molar-refractivity contribution is 5.32. The van der Waals surface area contributed by atoms with E-state index in [9.17, 15) is 0 Å². The predicted octanol–water partition coefficient (Wildman–Crippen LogP) is 3.40. The fraction of sp³-hybridized carbons (Fsp3) is 0.333. The van der Waals surface area contributed by atoms with Crippen LogP contribution in [0.2, 0.25) is 0 Å². The minimum Gasteiger partial charge on any atom is -0.0845 e. The van der Waals surface area contributed by atoms with Crippen molar-refractivity contribution in [3.05, 3.63) is 48.6 Å². The Kier molecular flexibility index (Phi) is 1.99. The fourth-order valence-corrected chi connectivity index (χ4v) is 1.82. The summed E-state index contributed by atoms with van der Waals surface area (Å²) in [6, 6.07) is 0. The van der Waals surface area contributed by atoms with Gasteiger partial charge >= 0.3 is 0 Å². The molecule has 0 unspecified atom stereocenters. The number of hydrogen-bond donors (Lipinski definition) is 0. The Morgan fingerprint density at radius 2 is 1.50 bits per heavy atom. The minimum atomic E-state index is 0.255. The summed E-state index contributed by atoms with van der Waals surface area (Å²) in [5, 5.41) is 0. The number of rotatable bonds is 0. The van der Waals surface area contributed by atoms with Crippen molar-refractivity contribution in [1.82, 2.24) is 0 Å². The summed E-state index contributed by atoms with van der Waals surface area (Å²) < 4.78 is 0. The van der Waals surface area contributed by atoms with Gasteiger partial charge in [0.25, 0.3) is 0 Å². The van der Waals surface area contributed by atoms with Crippen molar-refractivity contribution in [3.63, 3.8) is 0 Å². The van der Waals surface area contributed by atoms with Crippen LogP contribution in [0.4, 0.5) is 0 Å².